The van der Waals surface area contributed by atoms with Gasteiger partial charge in [0.2, 0.25) is 0 Å². The Morgan fingerprint density at radius 1 is 1.44 bits per heavy atom. The molecule has 0 atom stereocenters. The van der Waals surface area contributed by atoms with Crippen LogP contribution in [0.5, 0.6) is 0 Å². The van der Waals surface area contributed by atoms with Crippen molar-refractivity contribution >= 4 is 39.9 Å². The number of hydrogen-bond donors (Lipinski definition) is 1. The predicted octanol–water partition coefficient (Wildman–Crippen LogP) is 3.85. The number of benzene rings is 1. The molecule has 5 heteroatoms. The molecule has 1 aromatic heterocycles. The Labute approximate surface area is 126 Å². The molecule has 0 fully saturated rings. The largest absolute Gasteiger partial charge is 0.379 e. The lowest BCUT2D eigenvalue weighted by molar-refractivity contribution is 0.707. The quantitative estimate of drug-likeness (QED) is 0.823. The van der Waals surface area contributed by atoms with Gasteiger partial charge in [-0.05, 0) is 47.2 Å². The Morgan fingerprint density at radius 3 is 2.83 bits per heavy atom. The van der Waals surface area contributed by atoms with Crippen LogP contribution in [0, 0.1) is 3.57 Å². The third kappa shape index (κ3) is 2.98. The van der Waals surface area contributed by atoms with Crippen molar-refractivity contribution in [1.29, 1.82) is 0 Å². The van der Waals surface area contributed by atoms with Gasteiger partial charge in [0.15, 0.2) is 0 Å². The van der Waals surface area contributed by atoms with Crippen LogP contribution in [0.25, 0.3) is 0 Å². The van der Waals surface area contributed by atoms with E-state index in [9.17, 15) is 0 Å². The summed E-state index contributed by atoms with van der Waals surface area (Å²) in [5, 5.41) is 8.55. The topological polar surface area (TPSA) is 29.9 Å². The van der Waals surface area contributed by atoms with E-state index in [1.807, 2.05) is 23.9 Å². The summed E-state index contributed by atoms with van der Waals surface area (Å²) in [5.41, 5.74) is 3.07. The highest BCUT2D eigenvalue weighted by molar-refractivity contribution is 14.1. The first-order valence-electron chi connectivity index (χ1n) is 5.81. The minimum atomic E-state index is 0.683. The highest BCUT2D eigenvalue weighted by Crippen LogP contribution is 2.22. The van der Waals surface area contributed by atoms with Crippen molar-refractivity contribution in [2.75, 3.05) is 5.32 Å². The summed E-state index contributed by atoms with van der Waals surface area (Å²) in [5.74, 6) is 0. The van der Waals surface area contributed by atoms with Crippen LogP contribution in [0.3, 0.4) is 0 Å². The van der Waals surface area contributed by atoms with Gasteiger partial charge in [0.25, 0.3) is 0 Å². The SMILES string of the molecule is CCc1nn(C)c(CNc2cccc(I)c2)c1Cl. The Balaban J connectivity index is 2.13. The first-order chi connectivity index (χ1) is 8.61. The molecule has 96 valence electrons. The van der Waals surface area contributed by atoms with Gasteiger partial charge >= 0.3 is 0 Å². The second kappa shape index (κ2) is 5.93. The van der Waals surface area contributed by atoms with Crippen LogP contribution < -0.4 is 5.32 Å². The number of rotatable bonds is 4. The normalized spacial score (nSPS) is 10.7. The zero-order valence-electron chi connectivity index (χ0n) is 10.4. The van der Waals surface area contributed by atoms with Gasteiger partial charge in [-0.2, -0.15) is 5.10 Å². The summed E-state index contributed by atoms with van der Waals surface area (Å²) in [4.78, 5) is 0. The molecule has 0 saturated carbocycles. The molecule has 18 heavy (non-hydrogen) atoms. The molecule has 0 unspecified atom stereocenters. The van der Waals surface area contributed by atoms with Crippen molar-refractivity contribution in [1.82, 2.24) is 9.78 Å². The summed E-state index contributed by atoms with van der Waals surface area (Å²) in [6, 6.07) is 8.25. The number of aryl methyl sites for hydroxylation is 2. The number of nitrogens with one attached hydrogen (secondary N) is 1. The fraction of sp³-hybridized carbons (Fsp3) is 0.308. The van der Waals surface area contributed by atoms with Crippen LogP contribution in [0.1, 0.15) is 18.3 Å². The van der Waals surface area contributed by atoms with Crippen molar-refractivity contribution in [2.45, 2.75) is 19.9 Å². The fourth-order valence-corrected chi connectivity index (χ4v) is 2.70. The smallest absolute Gasteiger partial charge is 0.0868 e. The zero-order valence-corrected chi connectivity index (χ0v) is 13.3. The van der Waals surface area contributed by atoms with Crippen molar-refractivity contribution in [3.05, 3.63) is 44.2 Å². The van der Waals surface area contributed by atoms with E-state index >= 15 is 0 Å². The molecule has 1 aromatic carbocycles. The summed E-state index contributed by atoms with van der Waals surface area (Å²) < 4.78 is 3.06. The molecule has 0 amide bonds. The second-order valence-electron chi connectivity index (χ2n) is 4.05. The standard InChI is InChI=1S/C13H15ClIN3/c1-3-11-13(14)12(18(2)17-11)8-16-10-6-4-5-9(15)7-10/h4-7,16H,3,8H2,1-2H3. The van der Waals surface area contributed by atoms with Gasteiger partial charge in [-0.15, -0.1) is 0 Å². The monoisotopic (exact) mass is 375 g/mol. The van der Waals surface area contributed by atoms with Crippen molar-refractivity contribution in [2.24, 2.45) is 7.05 Å². The molecule has 0 bridgehead atoms. The Morgan fingerprint density at radius 2 is 2.22 bits per heavy atom. The van der Waals surface area contributed by atoms with E-state index in [0.29, 0.717) is 6.54 Å². The number of nitrogens with zero attached hydrogens (tertiary/aromatic N) is 2. The number of hydrogen-bond acceptors (Lipinski definition) is 2. The third-order valence-corrected chi connectivity index (χ3v) is 3.89. The highest BCUT2D eigenvalue weighted by atomic mass is 127. The maximum atomic E-state index is 6.30. The molecule has 0 aliphatic rings. The molecule has 1 N–H and O–H groups in total. The first kappa shape index (κ1) is 13.7. The molecule has 0 saturated heterocycles. The average Bonchev–Trinajstić information content (AvgIpc) is 2.62. The van der Waals surface area contributed by atoms with Crippen LogP contribution in [0.2, 0.25) is 5.02 Å². The molecule has 0 spiro atoms. The Kier molecular flexibility index (Phi) is 4.50. The molecular weight excluding hydrogens is 361 g/mol. The van der Waals surface area contributed by atoms with Crippen molar-refractivity contribution < 1.29 is 0 Å². The molecular formula is C13H15ClIN3. The minimum Gasteiger partial charge on any atom is -0.379 e. The Hall–Kier alpha value is -0.750. The lowest BCUT2D eigenvalue weighted by Crippen LogP contribution is -2.05. The van der Waals surface area contributed by atoms with E-state index in [1.165, 1.54) is 3.57 Å². The van der Waals surface area contributed by atoms with Crippen LogP contribution in [-0.4, -0.2) is 9.78 Å². The van der Waals surface area contributed by atoms with Gasteiger partial charge in [0.1, 0.15) is 0 Å². The molecule has 0 radical (unpaired) electrons. The second-order valence-corrected chi connectivity index (χ2v) is 5.67. The number of aromatic nitrogens is 2. The van der Waals surface area contributed by atoms with Gasteiger partial charge in [-0.3, -0.25) is 4.68 Å². The van der Waals surface area contributed by atoms with Crippen LogP contribution in [0.4, 0.5) is 5.69 Å². The third-order valence-electron chi connectivity index (χ3n) is 2.79. The lowest BCUT2D eigenvalue weighted by Gasteiger charge is -2.07. The van der Waals surface area contributed by atoms with Crippen LogP contribution in [-0.2, 0) is 20.0 Å². The Bertz CT molecular complexity index is 551. The van der Waals surface area contributed by atoms with Gasteiger partial charge < -0.3 is 5.32 Å². The molecule has 1 heterocycles. The van der Waals surface area contributed by atoms with E-state index in [4.69, 9.17) is 11.6 Å². The molecule has 0 aliphatic heterocycles. The summed E-state index contributed by atoms with van der Waals surface area (Å²) in [6.45, 7) is 2.74. The lowest BCUT2D eigenvalue weighted by atomic mass is 10.3. The van der Waals surface area contributed by atoms with Crippen molar-refractivity contribution in [3.8, 4) is 0 Å². The summed E-state index contributed by atoms with van der Waals surface area (Å²) in [6.07, 6.45) is 0.857. The molecule has 3 nitrogen and oxygen atoms in total. The average molecular weight is 376 g/mol. The van der Waals surface area contributed by atoms with E-state index in [0.717, 1.165) is 28.5 Å². The maximum Gasteiger partial charge on any atom is 0.0868 e. The first-order valence-corrected chi connectivity index (χ1v) is 7.27. The predicted molar refractivity (Wildman–Crippen MR) is 84.1 cm³/mol. The molecule has 2 rings (SSSR count). The number of anilines is 1. The fourth-order valence-electron chi connectivity index (χ4n) is 1.80. The zero-order chi connectivity index (χ0) is 13.1. The van der Waals surface area contributed by atoms with Crippen molar-refractivity contribution in [3.63, 3.8) is 0 Å². The van der Waals surface area contributed by atoms with Crippen LogP contribution in [0.15, 0.2) is 24.3 Å². The van der Waals surface area contributed by atoms with Gasteiger partial charge in [-0.1, -0.05) is 24.6 Å². The van der Waals surface area contributed by atoms with E-state index in [1.54, 1.807) is 0 Å². The summed E-state index contributed by atoms with van der Waals surface area (Å²) >= 11 is 8.60. The number of halogens is 2. The van der Waals surface area contributed by atoms with Gasteiger partial charge in [0, 0.05) is 16.3 Å². The maximum absolute atomic E-state index is 6.30. The molecule has 0 aliphatic carbocycles. The van der Waals surface area contributed by atoms with E-state index in [2.05, 4.69) is 52.1 Å². The van der Waals surface area contributed by atoms with E-state index < -0.39 is 0 Å². The van der Waals surface area contributed by atoms with E-state index in [-0.39, 0.29) is 0 Å². The van der Waals surface area contributed by atoms with Crippen LogP contribution >= 0.6 is 34.2 Å². The highest BCUT2D eigenvalue weighted by Gasteiger charge is 2.12. The van der Waals surface area contributed by atoms with Gasteiger partial charge in [0.05, 0.1) is 23.0 Å². The minimum absolute atomic E-state index is 0.683. The molecule has 2 aromatic rings. The summed E-state index contributed by atoms with van der Waals surface area (Å²) in [7, 11) is 1.93. The van der Waals surface area contributed by atoms with Gasteiger partial charge in [-0.25, -0.2) is 0 Å².